The molecule has 0 saturated carbocycles. The highest BCUT2D eigenvalue weighted by atomic mass is 16.5. The molecule has 1 atom stereocenters. The highest BCUT2D eigenvalue weighted by molar-refractivity contribution is 5.34. The fourth-order valence-corrected chi connectivity index (χ4v) is 2.97. The SMILES string of the molecule is CCc1ccc2c(c1)CN(C1CCOC1)CC2. The van der Waals surface area contributed by atoms with Gasteiger partial charge in [0.2, 0.25) is 0 Å². The van der Waals surface area contributed by atoms with E-state index in [2.05, 4.69) is 30.0 Å². The molecule has 2 aliphatic heterocycles. The summed E-state index contributed by atoms with van der Waals surface area (Å²) in [5, 5.41) is 0. The minimum absolute atomic E-state index is 0.661. The van der Waals surface area contributed by atoms with Gasteiger partial charge in [0.1, 0.15) is 0 Å². The molecule has 0 amide bonds. The average Bonchev–Trinajstić information content (AvgIpc) is 2.91. The number of hydrogen-bond donors (Lipinski definition) is 0. The highest BCUT2D eigenvalue weighted by Crippen LogP contribution is 2.24. The van der Waals surface area contributed by atoms with Crippen LogP contribution < -0.4 is 0 Å². The lowest BCUT2D eigenvalue weighted by atomic mass is 9.95. The van der Waals surface area contributed by atoms with Gasteiger partial charge in [0, 0.05) is 25.7 Å². The first kappa shape index (κ1) is 11.2. The third-order valence-electron chi connectivity index (χ3n) is 4.14. The Hall–Kier alpha value is -0.860. The normalized spacial score (nSPS) is 24.9. The predicted octanol–water partition coefficient (Wildman–Crippen LogP) is 2.40. The minimum atomic E-state index is 0.661. The van der Waals surface area contributed by atoms with Crippen LogP contribution in [0.2, 0.25) is 0 Å². The van der Waals surface area contributed by atoms with Gasteiger partial charge in [-0.25, -0.2) is 0 Å². The van der Waals surface area contributed by atoms with E-state index in [-0.39, 0.29) is 0 Å². The van der Waals surface area contributed by atoms with Crippen molar-refractivity contribution in [2.45, 2.75) is 38.8 Å². The van der Waals surface area contributed by atoms with Crippen LogP contribution in [0.4, 0.5) is 0 Å². The number of ether oxygens (including phenoxy) is 1. The molecule has 0 spiro atoms. The first-order valence-corrected chi connectivity index (χ1v) is 6.79. The fourth-order valence-electron chi connectivity index (χ4n) is 2.97. The molecule has 3 rings (SSSR count). The second kappa shape index (κ2) is 4.79. The van der Waals surface area contributed by atoms with Crippen LogP contribution in [0.25, 0.3) is 0 Å². The molecular formula is C15H21NO. The second-order valence-electron chi connectivity index (χ2n) is 5.19. The van der Waals surface area contributed by atoms with Crippen LogP contribution in [0.15, 0.2) is 18.2 Å². The zero-order valence-corrected chi connectivity index (χ0v) is 10.6. The Labute approximate surface area is 104 Å². The lowest BCUT2D eigenvalue weighted by molar-refractivity contribution is 0.135. The smallest absolute Gasteiger partial charge is 0.0622 e. The maximum Gasteiger partial charge on any atom is 0.0622 e. The quantitative estimate of drug-likeness (QED) is 0.775. The summed E-state index contributed by atoms with van der Waals surface area (Å²) in [5.74, 6) is 0. The number of rotatable bonds is 2. The molecule has 2 heteroatoms. The number of fused-ring (bicyclic) bond motifs is 1. The average molecular weight is 231 g/mol. The Bertz CT molecular complexity index is 396. The molecule has 1 aromatic carbocycles. The summed E-state index contributed by atoms with van der Waals surface area (Å²) < 4.78 is 5.50. The monoisotopic (exact) mass is 231 g/mol. The molecule has 1 fully saturated rings. The van der Waals surface area contributed by atoms with E-state index in [1.807, 2.05) is 0 Å². The summed E-state index contributed by atoms with van der Waals surface area (Å²) >= 11 is 0. The first-order valence-electron chi connectivity index (χ1n) is 6.79. The van der Waals surface area contributed by atoms with E-state index in [1.54, 1.807) is 11.1 Å². The maximum atomic E-state index is 5.50. The molecule has 2 heterocycles. The molecule has 1 aromatic rings. The summed E-state index contributed by atoms with van der Waals surface area (Å²) in [4.78, 5) is 2.61. The second-order valence-corrected chi connectivity index (χ2v) is 5.19. The first-order chi connectivity index (χ1) is 8.36. The standard InChI is InChI=1S/C15H21NO/c1-2-12-3-4-13-5-7-16(10-14(13)9-12)15-6-8-17-11-15/h3-4,9,15H,2,5-8,10-11H2,1H3. The van der Waals surface area contributed by atoms with Crippen molar-refractivity contribution in [2.24, 2.45) is 0 Å². The molecule has 2 aliphatic rings. The van der Waals surface area contributed by atoms with Gasteiger partial charge in [-0.15, -0.1) is 0 Å². The predicted molar refractivity (Wildman–Crippen MR) is 69.2 cm³/mol. The van der Waals surface area contributed by atoms with E-state index in [1.165, 1.54) is 24.9 Å². The highest BCUT2D eigenvalue weighted by Gasteiger charge is 2.26. The lowest BCUT2D eigenvalue weighted by Crippen LogP contribution is -2.39. The number of aryl methyl sites for hydroxylation is 1. The molecule has 0 bridgehead atoms. The van der Waals surface area contributed by atoms with Crippen molar-refractivity contribution in [2.75, 3.05) is 19.8 Å². The van der Waals surface area contributed by atoms with Crippen LogP contribution in [0.3, 0.4) is 0 Å². The maximum absolute atomic E-state index is 5.50. The van der Waals surface area contributed by atoms with Gasteiger partial charge in [0.15, 0.2) is 0 Å². The van der Waals surface area contributed by atoms with Gasteiger partial charge in [-0.1, -0.05) is 25.1 Å². The van der Waals surface area contributed by atoms with Crippen LogP contribution in [-0.2, 0) is 24.1 Å². The van der Waals surface area contributed by atoms with Gasteiger partial charge in [-0.2, -0.15) is 0 Å². The summed E-state index contributed by atoms with van der Waals surface area (Å²) in [6.45, 7) is 6.43. The third-order valence-corrected chi connectivity index (χ3v) is 4.14. The molecule has 1 saturated heterocycles. The van der Waals surface area contributed by atoms with Gasteiger partial charge < -0.3 is 4.74 Å². The Balaban J connectivity index is 1.78. The zero-order valence-electron chi connectivity index (χ0n) is 10.6. The number of benzene rings is 1. The molecule has 0 radical (unpaired) electrons. The topological polar surface area (TPSA) is 12.5 Å². The van der Waals surface area contributed by atoms with Crippen molar-refractivity contribution in [3.8, 4) is 0 Å². The molecule has 0 N–H and O–H groups in total. The zero-order chi connectivity index (χ0) is 11.7. The Morgan fingerprint density at radius 1 is 1.35 bits per heavy atom. The van der Waals surface area contributed by atoms with Gasteiger partial charge in [0.05, 0.1) is 6.61 Å². The van der Waals surface area contributed by atoms with Crippen LogP contribution in [0.1, 0.15) is 30.0 Å². The largest absolute Gasteiger partial charge is 0.380 e. The number of hydrogen-bond acceptors (Lipinski definition) is 2. The van der Waals surface area contributed by atoms with E-state index >= 15 is 0 Å². The van der Waals surface area contributed by atoms with Gasteiger partial charge in [0.25, 0.3) is 0 Å². The van der Waals surface area contributed by atoms with E-state index in [0.717, 1.165) is 26.2 Å². The van der Waals surface area contributed by atoms with Crippen LogP contribution in [0, 0.1) is 0 Å². The van der Waals surface area contributed by atoms with E-state index in [4.69, 9.17) is 4.74 Å². The van der Waals surface area contributed by atoms with Crippen LogP contribution in [0.5, 0.6) is 0 Å². The summed E-state index contributed by atoms with van der Waals surface area (Å²) in [7, 11) is 0. The Morgan fingerprint density at radius 2 is 2.29 bits per heavy atom. The third kappa shape index (κ3) is 2.24. The van der Waals surface area contributed by atoms with Gasteiger partial charge in [-0.05, 0) is 36.0 Å². The van der Waals surface area contributed by atoms with Crippen molar-refractivity contribution in [3.63, 3.8) is 0 Å². The van der Waals surface area contributed by atoms with E-state index in [9.17, 15) is 0 Å². The fraction of sp³-hybridized carbons (Fsp3) is 0.600. The van der Waals surface area contributed by atoms with Crippen molar-refractivity contribution in [1.29, 1.82) is 0 Å². The van der Waals surface area contributed by atoms with E-state index in [0.29, 0.717) is 6.04 Å². The van der Waals surface area contributed by atoms with Gasteiger partial charge in [-0.3, -0.25) is 4.90 Å². The van der Waals surface area contributed by atoms with Gasteiger partial charge >= 0.3 is 0 Å². The number of nitrogens with zero attached hydrogens (tertiary/aromatic N) is 1. The van der Waals surface area contributed by atoms with Crippen molar-refractivity contribution < 1.29 is 4.74 Å². The van der Waals surface area contributed by atoms with Crippen molar-refractivity contribution >= 4 is 0 Å². The molecule has 1 unspecified atom stereocenters. The lowest BCUT2D eigenvalue weighted by Gasteiger charge is -2.33. The van der Waals surface area contributed by atoms with Crippen LogP contribution >= 0.6 is 0 Å². The van der Waals surface area contributed by atoms with Crippen molar-refractivity contribution in [1.82, 2.24) is 4.90 Å². The molecule has 0 aliphatic carbocycles. The van der Waals surface area contributed by atoms with Crippen molar-refractivity contribution in [3.05, 3.63) is 34.9 Å². The Kier molecular flexibility index (Phi) is 3.17. The molecule has 17 heavy (non-hydrogen) atoms. The summed E-state index contributed by atoms with van der Waals surface area (Å²) in [6.07, 6.45) is 3.55. The summed E-state index contributed by atoms with van der Waals surface area (Å²) in [6, 6.07) is 7.68. The molecular weight excluding hydrogens is 210 g/mol. The Morgan fingerprint density at radius 3 is 3.06 bits per heavy atom. The van der Waals surface area contributed by atoms with E-state index < -0.39 is 0 Å². The molecule has 92 valence electrons. The minimum Gasteiger partial charge on any atom is -0.380 e. The molecule has 0 aromatic heterocycles. The summed E-state index contributed by atoms with van der Waals surface area (Å²) in [5.41, 5.74) is 4.56. The van der Waals surface area contributed by atoms with Crippen LogP contribution in [-0.4, -0.2) is 30.7 Å². The molecule has 2 nitrogen and oxygen atoms in total.